The van der Waals surface area contributed by atoms with Crippen LogP contribution in [0.1, 0.15) is 46.0 Å². The van der Waals surface area contributed by atoms with Crippen LogP contribution in [0, 0.1) is 5.82 Å². The van der Waals surface area contributed by atoms with Crippen LogP contribution in [-0.2, 0) is 16.6 Å². The number of nitrogens with zero attached hydrogens (tertiary/aromatic N) is 4. The summed E-state index contributed by atoms with van der Waals surface area (Å²) < 4.78 is 49.5. The maximum Gasteiger partial charge on any atom is 0.259 e. The number of imidazole rings is 1. The summed E-state index contributed by atoms with van der Waals surface area (Å²) in [6, 6.07) is 13.4. The number of carbonyl (C=O) groups is 2. The van der Waals surface area contributed by atoms with E-state index in [9.17, 15) is 22.4 Å². The lowest BCUT2D eigenvalue weighted by Gasteiger charge is -2.21. The SMILES string of the molecule is CCCOc1ccc(S(=O)(=O)N2CC[C@@H](N(C)C)C2)cc1C(=O)Nc1cc2ncn(Cc3ccc(F)cc3)c2cc1C(N)=O. The third kappa shape index (κ3) is 6.44. The standard InChI is InChI=1S/C31H35FN6O5S/c1-4-13-43-29-10-9-23(44(41,42)38-12-11-22(18-38)36(2)3)14-25(29)31(40)35-26-16-27-28(15-24(26)30(33)39)37(19-34-27)17-20-5-7-21(32)8-6-20/h5-10,14-16,19,22H,4,11-13,17-18H2,1-3H3,(H2,33,39)(H,35,40)/t22-/m1/s1. The molecule has 2 amide bonds. The van der Waals surface area contributed by atoms with Crippen LogP contribution in [0.4, 0.5) is 10.1 Å². The van der Waals surface area contributed by atoms with E-state index in [4.69, 9.17) is 10.5 Å². The van der Waals surface area contributed by atoms with E-state index in [0.29, 0.717) is 50.1 Å². The lowest BCUT2D eigenvalue weighted by Crippen LogP contribution is -2.34. The van der Waals surface area contributed by atoms with Crippen molar-refractivity contribution in [3.63, 3.8) is 0 Å². The van der Waals surface area contributed by atoms with Gasteiger partial charge in [0, 0.05) is 25.7 Å². The van der Waals surface area contributed by atoms with Crippen molar-refractivity contribution < 1.29 is 27.1 Å². The molecule has 13 heteroatoms. The Morgan fingerprint density at radius 2 is 1.86 bits per heavy atom. The molecule has 1 aromatic heterocycles. The monoisotopic (exact) mass is 622 g/mol. The second-order valence-electron chi connectivity index (χ2n) is 11.0. The van der Waals surface area contributed by atoms with Crippen molar-refractivity contribution >= 4 is 38.6 Å². The van der Waals surface area contributed by atoms with Gasteiger partial charge in [-0.2, -0.15) is 4.31 Å². The van der Waals surface area contributed by atoms with Crippen molar-refractivity contribution in [1.82, 2.24) is 18.8 Å². The highest BCUT2D eigenvalue weighted by molar-refractivity contribution is 7.89. The summed E-state index contributed by atoms with van der Waals surface area (Å²) >= 11 is 0. The van der Waals surface area contributed by atoms with Gasteiger partial charge in [0.1, 0.15) is 11.6 Å². The number of anilines is 1. The van der Waals surface area contributed by atoms with Crippen LogP contribution in [0.15, 0.2) is 65.8 Å². The molecule has 5 rings (SSSR count). The number of rotatable bonds is 11. The second-order valence-corrected chi connectivity index (χ2v) is 12.9. The van der Waals surface area contributed by atoms with Crippen LogP contribution in [0.25, 0.3) is 11.0 Å². The molecule has 232 valence electrons. The summed E-state index contributed by atoms with van der Waals surface area (Å²) in [6.07, 6.45) is 2.95. The van der Waals surface area contributed by atoms with Gasteiger partial charge in [0.2, 0.25) is 10.0 Å². The number of benzene rings is 3. The number of aromatic nitrogens is 2. The Kier molecular flexibility index (Phi) is 9.00. The van der Waals surface area contributed by atoms with Gasteiger partial charge in [0.15, 0.2) is 0 Å². The molecule has 11 nitrogen and oxygen atoms in total. The number of sulfonamides is 1. The number of primary amides is 1. The molecule has 3 aromatic carbocycles. The minimum atomic E-state index is -3.88. The molecule has 0 radical (unpaired) electrons. The number of hydrogen-bond donors (Lipinski definition) is 2. The van der Waals surface area contributed by atoms with Crippen molar-refractivity contribution in [2.45, 2.75) is 37.2 Å². The Balaban J connectivity index is 1.47. The van der Waals surface area contributed by atoms with E-state index in [1.807, 2.05) is 25.9 Å². The smallest absolute Gasteiger partial charge is 0.259 e. The summed E-state index contributed by atoms with van der Waals surface area (Å²) in [5.74, 6) is -1.59. The molecule has 0 unspecified atom stereocenters. The van der Waals surface area contributed by atoms with E-state index in [-0.39, 0.29) is 39.3 Å². The van der Waals surface area contributed by atoms with Crippen LogP contribution in [0.3, 0.4) is 0 Å². The zero-order valence-electron chi connectivity index (χ0n) is 24.8. The molecule has 0 aliphatic carbocycles. The van der Waals surface area contributed by atoms with Crippen LogP contribution < -0.4 is 15.8 Å². The fraction of sp³-hybridized carbons (Fsp3) is 0.323. The molecular formula is C31H35FN6O5S. The van der Waals surface area contributed by atoms with E-state index in [1.54, 1.807) is 23.0 Å². The summed E-state index contributed by atoms with van der Waals surface area (Å²) in [5.41, 5.74) is 7.76. The van der Waals surface area contributed by atoms with E-state index < -0.39 is 21.8 Å². The number of amides is 2. The number of halogens is 1. The number of nitrogens with two attached hydrogens (primary N) is 1. The molecule has 0 bridgehead atoms. The van der Waals surface area contributed by atoms with Crippen LogP contribution in [-0.4, -0.2) is 78.8 Å². The molecule has 0 saturated carbocycles. The highest BCUT2D eigenvalue weighted by atomic mass is 32.2. The number of fused-ring (bicyclic) bond motifs is 1. The first kappa shape index (κ1) is 31.1. The quantitative estimate of drug-likeness (QED) is 0.260. The van der Waals surface area contributed by atoms with Crippen molar-refractivity contribution in [1.29, 1.82) is 0 Å². The van der Waals surface area contributed by atoms with Crippen molar-refractivity contribution in [2.75, 3.05) is 39.1 Å². The summed E-state index contributed by atoms with van der Waals surface area (Å²) in [7, 11) is -0.0568. The molecule has 1 aliphatic rings. The summed E-state index contributed by atoms with van der Waals surface area (Å²) in [6.45, 7) is 3.31. The van der Waals surface area contributed by atoms with Crippen LogP contribution in [0.2, 0.25) is 0 Å². The Bertz CT molecular complexity index is 1810. The Morgan fingerprint density at radius 3 is 2.52 bits per heavy atom. The molecule has 1 aliphatic heterocycles. The first-order valence-electron chi connectivity index (χ1n) is 14.3. The number of ether oxygens (including phenoxy) is 1. The van der Waals surface area contributed by atoms with E-state index >= 15 is 0 Å². The molecule has 1 saturated heterocycles. The second kappa shape index (κ2) is 12.7. The average Bonchev–Trinajstić information content (AvgIpc) is 3.65. The molecule has 0 spiro atoms. The van der Waals surface area contributed by atoms with Gasteiger partial charge in [0.25, 0.3) is 11.8 Å². The Hall–Kier alpha value is -4.33. The van der Waals surface area contributed by atoms with Crippen molar-refractivity contribution in [2.24, 2.45) is 5.73 Å². The summed E-state index contributed by atoms with van der Waals surface area (Å²) in [5, 5.41) is 2.73. The van der Waals surface area contributed by atoms with Crippen LogP contribution in [0.5, 0.6) is 5.75 Å². The fourth-order valence-electron chi connectivity index (χ4n) is 5.20. The number of hydrogen-bond acceptors (Lipinski definition) is 7. The number of likely N-dealkylation sites (N-methyl/N-ethyl adjacent to an activating group) is 1. The highest BCUT2D eigenvalue weighted by Crippen LogP contribution is 2.30. The first-order chi connectivity index (χ1) is 21.0. The molecule has 4 aromatic rings. The maximum absolute atomic E-state index is 13.7. The zero-order valence-corrected chi connectivity index (χ0v) is 25.6. The van der Waals surface area contributed by atoms with Gasteiger partial charge in [-0.15, -0.1) is 0 Å². The van der Waals surface area contributed by atoms with E-state index in [0.717, 1.165) is 5.56 Å². The Labute approximate surface area is 255 Å². The minimum Gasteiger partial charge on any atom is -0.493 e. The largest absolute Gasteiger partial charge is 0.493 e. The first-order valence-corrected chi connectivity index (χ1v) is 15.7. The predicted molar refractivity (Wildman–Crippen MR) is 165 cm³/mol. The van der Waals surface area contributed by atoms with Gasteiger partial charge in [-0.25, -0.2) is 17.8 Å². The third-order valence-electron chi connectivity index (χ3n) is 7.69. The Morgan fingerprint density at radius 1 is 1.11 bits per heavy atom. The van der Waals surface area contributed by atoms with Gasteiger partial charge in [-0.1, -0.05) is 19.1 Å². The third-order valence-corrected chi connectivity index (χ3v) is 9.55. The molecule has 1 fully saturated rings. The normalized spacial score (nSPS) is 15.6. The predicted octanol–water partition coefficient (Wildman–Crippen LogP) is 3.69. The lowest BCUT2D eigenvalue weighted by atomic mass is 10.1. The van der Waals surface area contributed by atoms with Crippen LogP contribution >= 0.6 is 0 Å². The zero-order chi connectivity index (χ0) is 31.6. The number of nitrogens with one attached hydrogen (secondary N) is 1. The van der Waals surface area contributed by atoms with Crippen molar-refractivity contribution in [3.05, 3.63) is 83.4 Å². The molecule has 44 heavy (non-hydrogen) atoms. The van der Waals surface area contributed by atoms with E-state index in [2.05, 4.69) is 10.3 Å². The highest BCUT2D eigenvalue weighted by Gasteiger charge is 2.34. The van der Waals surface area contributed by atoms with Gasteiger partial charge in [-0.3, -0.25) is 9.59 Å². The average molecular weight is 623 g/mol. The topological polar surface area (TPSA) is 140 Å². The molecule has 2 heterocycles. The fourth-order valence-corrected chi connectivity index (χ4v) is 6.72. The van der Waals surface area contributed by atoms with E-state index in [1.165, 1.54) is 46.8 Å². The number of carbonyl (C=O) groups excluding carboxylic acids is 2. The molecule has 3 N–H and O–H groups in total. The van der Waals surface area contributed by atoms with Gasteiger partial charge >= 0.3 is 0 Å². The van der Waals surface area contributed by atoms with Gasteiger partial charge in [0.05, 0.1) is 45.7 Å². The molecule has 1 atom stereocenters. The lowest BCUT2D eigenvalue weighted by molar-refractivity contribution is 0.100. The van der Waals surface area contributed by atoms with Gasteiger partial charge in [-0.05, 0) is 75.0 Å². The minimum absolute atomic E-state index is 0.000220. The van der Waals surface area contributed by atoms with Crippen molar-refractivity contribution in [3.8, 4) is 5.75 Å². The maximum atomic E-state index is 13.7. The van der Waals surface area contributed by atoms with Gasteiger partial charge < -0.3 is 25.3 Å². The summed E-state index contributed by atoms with van der Waals surface area (Å²) in [4.78, 5) is 32.6. The molecular weight excluding hydrogens is 587 g/mol.